The molecule has 0 amide bonds. The zero-order chi connectivity index (χ0) is 21.7. The number of rotatable bonds is 8. The monoisotopic (exact) mass is 488 g/mol. The van der Waals surface area contributed by atoms with Gasteiger partial charge in [0.05, 0.1) is 6.10 Å². The Balaban J connectivity index is 0.00000256. The van der Waals surface area contributed by atoms with Crippen LogP contribution in [0.5, 0.6) is 0 Å². The smallest absolute Gasteiger partial charge is 0.126 e. The van der Waals surface area contributed by atoms with Crippen molar-refractivity contribution in [3.05, 3.63) is 70.8 Å². The van der Waals surface area contributed by atoms with E-state index in [1.807, 2.05) is 0 Å². The van der Waals surface area contributed by atoms with Crippen molar-refractivity contribution in [1.82, 2.24) is 5.32 Å². The van der Waals surface area contributed by atoms with E-state index in [1.54, 1.807) is 0 Å². The Morgan fingerprint density at radius 1 is 1.00 bits per heavy atom. The van der Waals surface area contributed by atoms with Crippen LogP contribution < -0.4 is 11.1 Å². The molecule has 0 saturated heterocycles. The summed E-state index contributed by atoms with van der Waals surface area (Å²) in [6.45, 7) is 4.72. The maximum absolute atomic E-state index is 13.4. The van der Waals surface area contributed by atoms with Crippen LogP contribution in [0, 0.1) is 11.6 Å². The lowest BCUT2D eigenvalue weighted by Gasteiger charge is -2.40. The maximum atomic E-state index is 13.4. The summed E-state index contributed by atoms with van der Waals surface area (Å²) >= 11 is 0. The van der Waals surface area contributed by atoms with Crippen LogP contribution in [0.3, 0.4) is 0 Å². The first-order valence-corrected chi connectivity index (χ1v) is 11.0. The fourth-order valence-corrected chi connectivity index (χ4v) is 4.51. The van der Waals surface area contributed by atoms with Crippen LogP contribution in [0.4, 0.5) is 8.78 Å². The van der Waals surface area contributed by atoms with Gasteiger partial charge >= 0.3 is 0 Å². The summed E-state index contributed by atoms with van der Waals surface area (Å²) in [4.78, 5) is 0. The van der Waals surface area contributed by atoms with E-state index < -0.39 is 23.8 Å². The van der Waals surface area contributed by atoms with Gasteiger partial charge in [0.2, 0.25) is 0 Å². The second kappa shape index (κ2) is 12.9. The van der Waals surface area contributed by atoms with Crippen molar-refractivity contribution in [2.75, 3.05) is 6.54 Å². The van der Waals surface area contributed by atoms with Crippen LogP contribution >= 0.6 is 24.8 Å². The second-order valence-electron chi connectivity index (χ2n) is 9.02. The Bertz CT molecular complexity index is 824. The normalized spacial score (nSPS) is 17.2. The van der Waals surface area contributed by atoms with Crippen LogP contribution in [-0.2, 0) is 12.0 Å². The molecule has 1 aliphatic carbocycles. The van der Waals surface area contributed by atoms with Gasteiger partial charge in [-0.25, -0.2) is 8.78 Å². The molecule has 2 aromatic carbocycles. The van der Waals surface area contributed by atoms with E-state index >= 15 is 0 Å². The number of aliphatic hydroxyl groups is 1. The average molecular weight is 489 g/mol. The number of nitrogens with two attached hydrogens (primary N) is 1. The lowest BCUT2D eigenvalue weighted by molar-refractivity contribution is 0.116. The molecule has 3 nitrogen and oxygen atoms in total. The van der Waals surface area contributed by atoms with Crippen LogP contribution in [0.25, 0.3) is 0 Å². The predicted molar refractivity (Wildman–Crippen MR) is 132 cm³/mol. The van der Waals surface area contributed by atoms with Crippen molar-refractivity contribution in [1.29, 1.82) is 0 Å². The highest BCUT2D eigenvalue weighted by atomic mass is 35.5. The van der Waals surface area contributed by atoms with Crippen molar-refractivity contribution in [2.24, 2.45) is 5.73 Å². The molecule has 1 aliphatic rings. The predicted octanol–water partition coefficient (Wildman–Crippen LogP) is 5.61. The van der Waals surface area contributed by atoms with Gasteiger partial charge in [-0.3, -0.25) is 0 Å². The third-order valence-electron chi connectivity index (χ3n) is 6.35. The van der Waals surface area contributed by atoms with Gasteiger partial charge in [0.15, 0.2) is 0 Å². The Labute approximate surface area is 203 Å². The van der Waals surface area contributed by atoms with E-state index in [-0.39, 0.29) is 36.8 Å². The molecule has 2 aromatic rings. The van der Waals surface area contributed by atoms with E-state index in [9.17, 15) is 13.9 Å². The number of halogens is 4. The minimum absolute atomic E-state index is 0. The highest BCUT2D eigenvalue weighted by molar-refractivity contribution is 5.85. The molecule has 0 spiro atoms. The molecule has 32 heavy (non-hydrogen) atoms. The van der Waals surface area contributed by atoms with Crippen molar-refractivity contribution in [3.8, 4) is 0 Å². The van der Waals surface area contributed by atoms with Gasteiger partial charge in [0.1, 0.15) is 11.6 Å². The Kier molecular flexibility index (Phi) is 11.6. The van der Waals surface area contributed by atoms with Crippen molar-refractivity contribution < 1.29 is 13.9 Å². The van der Waals surface area contributed by atoms with Gasteiger partial charge in [-0.05, 0) is 54.0 Å². The molecule has 0 heterocycles. The van der Waals surface area contributed by atoms with Gasteiger partial charge in [0, 0.05) is 24.2 Å². The van der Waals surface area contributed by atoms with Crippen LogP contribution in [0.2, 0.25) is 0 Å². The fourth-order valence-electron chi connectivity index (χ4n) is 4.51. The first-order chi connectivity index (χ1) is 14.3. The van der Waals surface area contributed by atoms with Crippen LogP contribution in [0.15, 0.2) is 42.5 Å². The first-order valence-electron chi connectivity index (χ1n) is 11.0. The Morgan fingerprint density at radius 2 is 1.62 bits per heavy atom. The summed E-state index contributed by atoms with van der Waals surface area (Å²) in [5, 5.41) is 14.3. The standard InChI is InChI=1S/C25H34F2N2O.2ClH/c1-17(2)19-7-6-8-20(14-19)25(9-4-3-5-10-25)29-16-24(30)23(28)13-18-11-21(26)15-22(27)12-18;;/h6-8,11-12,14-15,17,23-24,29-30H,3-5,9-10,13,16,28H2,1-2H3;2*1H/t23-,24+;;/m0../s1. The second-order valence-corrected chi connectivity index (χ2v) is 9.02. The molecular formula is C25H36Cl2F2N2O. The molecule has 0 aliphatic heterocycles. The average Bonchev–Trinajstić information content (AvgIpc) is 2.72. The van der Waals surface area contributed by atoms with Gasteiger partial charge in [-0.15, -0.1) is 24.8 Å². The molecule has 0 bridgehead atoms. The van der Waals surface area contributed by atoms with Crippen molar-refractivity contribution >= 4 is 24.8 Å². The summed E-state index contributed by atoms with van der Waals surface area (Å²) < 4.78 is 26.9. The summed E-state index contributed by atoms with van der Waals surface area (Å²) in [6, 6.07) is 11.5. The summed E-state index contributed by atoms with van der Waals surface area (Å²) in [7, 11) is 0. The summed E-state index contributed by atoms with van der Waals surface area (Å²) in [5.41, 5.74) is 9.03. The number of benzene rings is 2. The Morgan fingerprint density at radius 3 is 2.22 bits per heavy atom. The van der Waals surface area contributed by atoms with Gasteiger partial charge in [-0.2, -0.15) is 0 Å². The number of nitrogens with one attached hydrogen (secondary N) is 1. The lowest BCUT2D eigenvalue weighted by Crippen LogP contribution is -2.51. The van der Waals surface area contributed by atoms with Gasteiger partial charge < -0.3 is 16.2 Å². The zero-order valence-corrected chi connectivity index (χ0v) is 20.5. The summed E-state index contributed by atoms with van der Waals surface area (Å²) in [5.74, 6) is -0.803. The molecule has 0 aromatic heterocycles. The molecule has 3 rings (SSSR count). The summed E-state index contributed by atoms with van der Waals surface area (Å²) in [6.07, 6.45) is 4.95. The molecule has 4 N–H and O–H groups in total. The highest BCUT2D eigenvalue weighted by Crippen LogP contribution is 2.38. The fraction of sp³-hybridized carbons (Fsp3) is 0.520. The number of aliphatic hydroxyl groups excluding tert-OH is 1. The third kappa shape index (κ3) is 7.39. The Hall–Kier alpha value is -1.24. The highest BCUT2D eigenvalue weighted by Gasteiger charge is 2.34. The van der Waals surface area contributed by atoms with E-state index in [4.69, 9.17) is 5.73 Å². The SMILES string of the molecule is CC(C)c1cccc(C2(NC[C@@H](O)[C@@H](N)Cc3cc(F)cc(F)c3)CCCCC2)c1.Cl.Cl. The van der Waals surface area contributed by atoms with E-state index in [0.717, 1.165) is 31.7 Å². The number of hydrogen-bond donors (Lipinski definition) is 3. The van der Waals surface area contributed by atoms with Crippen LogP contribution in [0.1, 0.15) is 68.6 Å². The van der Waals surface area contributed by atoms with Crippen molar-refractivity contribution in [2.45, 2.75) is 76.0 Å². The van der Waals surface area contributed by atoms with E-state index in [1.165, 1.54) is 29.7 Å². The quantitative estimate of drug-likeness (QED) is 0.452. The van der Waals surface area contributed by atoms with E-state index in [0.29, 0.717) is 18.0 Å². The van der Waals surface area contributed by atoms with E-state index in [2.05, 4.69) is 43.4 Å². The molecule has 0 radical (unpaired) electrons. The molecular weight excluding hydrogens is 453 g/mol. The largest absolute Gasteiger partial charge is 0.390 e. The van der Waals surface area contributed by atoms with Crippen molar-refractivity contribution in [3.63, 3.8) is 0 Å². The topological polar surface area (TPSA) is 58.3 Å². The van der Waals surface area contributed by atoms with Crippen LogP contribution in [-0.4, -0.2) is 23.8 Å². The molecule has 2 atom stereocenters. The van der Waals surface area contributed by atoms with Gasteiger partial charge in [-0.1, -0.05) is 57.4 Å². The third-order valence-corrected chi connectivity index (χ3v) is 6.35. The molecule has 1 fully saturated rings. The molecule has 7 heteroatoms. The zero-order valence-electron chi connectivity index (χ0n) is 18.8. The maximum Gasteiger partial charge on any atom is 0.126 e. The lowest BCUT2D eigenvalue weighted by atomic mass is 9.75. The number of hydrogen-bond acceptors (Lipinski definition) is 3. The minimum atomic E-state index is -0.816. The first kappa shape index (κ1) is 28.8. The molecule has 180 valence electrons. The molecule has 1 saturated carbocycles. The molecule has 0 unspecified atom stereocenters. The minimum Gasteiger partial charge on any atom is -0.390 e. The van der Waals surface area contributed by atoms with Gasteiger partial charge in [0.25, 0.3) is 0 Å².